The number of anilines is 2. The molecule has 1 saturated heterocycles. The van der Waals surface area contributed by atoms with Gasteiger partial charge in [-0.3, -0.25) is 9.89 Å². The van der Waals surface area contributed by atoms with Crippen LogP contribution < -0.4 is 10.2 Å². The summed E-state index contributed by atoms with van der Waals surface area (Å²) < 4.78 is 0. The van der Waals surface area contributed by atoms with Crippen LogP contribution in [0.4, 0.5) is 11.4 Å². The summed E-state index contributed by atoms with van der Waals surface area (Å²) in [6.07, 6.45) is 8.98. The number of nitrogens with one attached hydrogen (secondary N) is 2. The summed E-state index contributed by atoms with van der Waals surface area (Å²) in [6, 6.07) is 18.1. The number of hydrogen-bond donors (Lipinski definition) is 2. The second kappa shape index (κ2) is 10.8. The van der Waals surface area contributed by atoms with Gasteiger partial charge in [0.1, 0.15) is 5.82 Å². The zero-order valence-electron chi connectivity index (χ0n) is 17.5. The Labute approximate surface area is 187 Å². The van der Waals surface area contributed by atoms with Crippen LogP contribution in [-0.2, 0) is 4.79 Å². The molecule has 31 heavy (non-hydrogen) atoms. The van der Waals surface area contributed by atoms with Gasteiger partial charge < -0.3 is 10.2 Å². The summed E-state index contributed by atoms with van der Waals surface area (Å²) in [5.41, 5.74) is 3.13. The number of benzene rings is 2. The Balaban J connectivity index is 1.25. The number of rotatable bonds is 7. The summed E-state index contributed by atoms with van der Waals surface area (Å²) >= 11 is 1.31. The van der Waals surface area contributed by atoms with Gasteiger partial charge in [0.2, 0.25) is 11.1 Å². The van der Waals surface area contributed by atoms with E-state index in [1.165, 1.54) is 43.1 Å². The van der Waals surface area contributed by atoms with Crippen molar-refractivity contribution in [1.29, 1.82) is 0 Å². The third-order valence-electron chi connectivity index (χ3n) is 5.17. The first-order valence-electron chi connectivity index (χ1n) is 10.7. The zero-order valence-corrected chi connectivity index (χ0v) is 18.3. The molecule has 1 aliphatic rings. The molecule has 6 nitrogen and oxygen atoms in total. The molecule has 7 heteroatoms. The highest BCUT2D eigenvalue weighted by molar-refractivity contribution is 7.99. The lowest BCUT2D eigenvalue weighted by atomic mass is 10.2. The second-order valence-electron chi connectivity index (χ2n) is 7.53. The first kappa shape index (κ1) is 21.2. The van der Waals surface area contributed by atoms with E-state index in [4.69, 9.17) is 0 Å². The number of hydrogen-bond acceptors (Lipinski definition) is 5. The molecule has 1 aromatic heterocycles. The topological polar surface area (TPSA) is 73.9 Å². The highest BCUT2D eigenvalue weighted by Gasteiger charge is 2.11. The number of aromatic nitrogens is 3. The van der Waals surface area contributed by atoms with Crippen molar-refractivity contribution in [3.63, 3.8) is 0 Å². The van der Waals surface area contributed by atoms with Crippen LogP contribution in [0.15, 0.2) is 59.8 Å². The number of aromatic amines is 1. The minimum absolute atomic E-state index is 0.0706. The summed E-state index contributed by atoms with van der Waals surface area (Å²) in [5.74, 6) is 0.850. The summed E-state index contributed by atoms with van der Waals surface area (Å²) in [5, 5.41) is 10.6. The third-order valence-corrected chi connectivity index (χ3v) is 6.02. The molecule has 4 rings (SSSR count). The minimum Gasteiger partial charge on any atom is -0.372 e. The van der Waals surface area contributed by atoms with Gasteiger partial charge in [0.05, 0.1) is 5.75 Å². The Bertz CT molecular complexity index is 992. The van der Waals surface area contributed by atoms with Gasteiger partial charge in [-0.25, -0.2) is 4.98 Å². The molecule has 0 aliphatic carbocycles. The maximum Gasteiger partial charge on any atom is 0.234 e. The van der Waals surface area contributed by atoms with Crippen LogP contribution in [-0.4, -0.2) is 39.9 Å². The van der Waals surface area contributed by atoms with Crippen molar-refractivity contribution in [1.82, 2.24) is 15.2 Å². The summed E-state index contributed by atoms with van der Waals surface area (Å²) in [7, 11) is 0. The Morgan fingerprint density at radius 2 is 1.74 bits per heavy atom. The molecular formula is C24H27N5OS. The lowest BCUT2D eigenvalue weighted by molar-refractivity contribution is -0.113. The second-order valence-corrected chi connectivity index (χ2v) is 8.47. The Morgan fingerprint density at radius 1 is 1.00 bits per heavy atom. The maximum absolute atomic E-state index is 12.3. The molecule has 0 radical (unpaired) electrons. The smallest absolute Gasteiger partial charge is 0.234 e. The average Bonchev–Trinajstić information content (AvgIpc) is 3.09. The van der Waals surface area contributed by atoms with Gasteiger partial charge in [-0.2, -0.15) is 0 Å². The number of thioether (sulfide) groups is 1. The van der Waals surface area contributed by atoms with Crippen LogP contribution in [0.5, 0.6) is 0 Å². The van der Waals surface area contributed by atoms with Crippen molar-refractivity contribution in [3.05, 3.63) is 66.0 Å². The molecule has 0 bridgehead atoms. The lowest BCUT2D eigenvalue weighted by Gasteiger charge is -2.22. The van der Waals surface area contributed by atoms with Crippen LogP contribution in [0, 0.1) is 0 Å². The fraction of sp³-hybridized carbons (Fsp3) is 0.292. The fourth-order valence-electron chi connectivity index (χ4n) is 3.55. The van der Waals surface area contributed by atoms with E-state index in [0.717, 1.165) is 24.3 Å². The summed E-state index contributed by atoms with van der Waals surface area (Å²) in [6.45, 7) is 2.23. The van der Waals surface area contributed by atoms with Crippen molar-refractivity contribution < 1.29 is 4.79 Å². The molecule has 160 valence electrons. The predicted octanol–water partition coefficient (Wildman–Crippen LogP) is 5.09. The first-order chi connectivity index (χ1) is 15.3. The first-order valence-corrected chi connectivity index (χ1v) is 11.7. The van der Waals surface area contributed by atoms with E-state index >= 15 is 0 Å². The van der Waals surface area contributed by atoms with Gasteiger partial charge >= 0.3 is 0 Å². The molecule has 0 atom stereocenters. The molecule has 2 N–H and O–H groups in total. The van der Waals surface area contributed by atoms with Crippen LogP contribution in [0.3, 0.4) is 0 Å². The van der Waals surface area contributed by atoms with Gasteiger partial charge in [-0.15, -0.1) is 5.10 Å². The quantitative estimate of drug-likeness (QED) is 0.508. The lowest BCUT2D eigenvalue weighted by Crippen LogP contribution is -2.23. The van der Waals surface area contributed by atoms with Gasteiger partial charge in [-0.05, 0) is 48.7 Å². The molecule has 1 amide bonds. The van der Waals surface area contributed by atoms with Gasteiger partial charge in [0.15, 0.2) is 0 Å². The highest BCUT2D eigenvalue weighted by Crippen LogP contribution is 2.22. The van der Waals surface area contributed by atoms with Crippen molar-refractivity contribution in [2.75, 3.05) is 29.1 Å². The van der Waals surface area contributed by atoms with Crippen molar-refractivity contribution in [3.8, 4) is 0 Å². The molecule has 1 aliphatic heterocycles. The largest absolute Gasteiger partial charge is 0.372 e. The van der Waals surface area contributed by atoms with E-state index in [1.54, 1.807) is 0 Å². The van der Waals surface area contributed by atoms with Crippen LogP contribution >= 0.6 is 11.8 Å². The number of amides is 1. The van der Waals surface area contributed by atoms with Gasteiger partial charge in [-0.1, -0.05) is 61.0 Å². The van der Waals surface area contributed by atoms with E-state index in [1.807, 2.05) is 54.6 Å². The number of H-pyrrole nitrogens is 1. The van der Waals surface area contributed by atoms with E-state index in [0.29, 0.717) is 11.0 Å². The molecule has 0 saturated carbocycles. The molecule has 2 aromatic carbocycles. The minimum atomic E-state index is -0.0706. The van der Waals surface area contributed by atoms with E-state index < -0.39 is 0 Å². The zero-order chi connectivity index (χ0) is 21.3. The average molecular weight is 434 g/mol. The molecule has 2 heterocycles. The van der Waals surface area contributed by atoms with Gasteiger partial charge in [0, 0.05) is 24.5 Å². The SMILES string of the molecule is O=C(CSc1n[nH]c(/C=C/c2ccccc2)n1)Nc1ccc(N2CCCCCC2)cc1. The Hall–Kier alpha value is -3.06. The fourth-order valence-corrected chi connectivity index (χ4v) is 4.15. The number of nitrogens with zero attached hydrogens (tertiary/aromatic N) is 3. The number of carbonyl (C=O) groups is 1. The van der Waals surface area contributed by atoms with Crippen molar-refractivity contribution in [2.24, 2.45) is 0 Å². The number of carbonyl (C=O) groups excluding carboxylic acids is 1. The van der Waals surface area contributed by atoms with Crippen LogP contribution in [0.1, 0.15) is 37.1 Å². The van der Waals surface area contributed by atoms with Crippen LogP contribution in [0.2, 0.25) is 0 Å². The Morgan fingerprint density at radius 3 is 2.48 bits per heavy atom. The molecule has 0 spiro atoms. The molecule has 0 unspecified atom stereocenters. The Kier molecular flexibility index (Phi) is 7.39. The molecular weight excluding hydrogens is 406 g/mol. The summed E-state index contributed by atoms with van der Waals surface area (Å²) in [4.78, 5) is 19.1. The van der Waals surface area contributed by atoms with Crippen molar-refractivity contribution in [2.45, 2.75) is 30.8 Å². The molecule has 1 fully saturated rings. The van der Waals surface area contributed by atoms with E-state index in [2.05, 4.69) is 37.5 Å². The monoisotopic (exact) mass is 433 g/mol. The maximum atomic E-state index is 12.3. The normalized spacial score (nSPS) is 14.5. The van der Waals surface area contributed by atoms with Gasteiger partial charge in [0.25, 0.3) is 0 Å². The molecule has 3 aromatic rings. The standard InChI is InChI=1S/C24H27N5OS/c30-23(25-20-11-13-21(14-12-20)29-16-6-1-2-7-17-29)18-31-24-26-22(27-28-24)15-10-19-8-4-3-5-9-19/h3-5,8-15H,1-2,6-7,16-18H2,(H,25,30)(H,26,27,28)/b15-10+. The van der Waals surface area contributed by atoms with E-state index in [-0.39, 0.29) is 11.7 Å². The van der Waals surface area contributed by atoms with Crippen LogP contribution in [0.25, 0.3) is 12.2 Å². The van der Waals surface area contributed by atoms with Crippen molar-refractivity contribution >= 4 is 41.2 Å². The highest BCUT2D eigenvalue weighted by atomic mass is 32.2. The third kappa shape index (κ3) is 6.46. The van der Waals surface area contributed by atoms with E-state index in [9.17, 15) is 4.79 Å². The predicted molar refractivity (Wildman–Crippen MR) is 128 cm³/mol.